The van der Waals surface area contributed by atoms with Gasteiger partial charge in [0, 0.05) is 6.04 Å². The van der Waals surface area contributed by atoms with Crippen molar-refractivity contribution in [2.24, 2.45) is 0 Å². The lowest BCUT2D eigenvalue weighted by molar-refractivity contribution is 0.527. The van der Waals surface area contributed by atoms with Crippen LogP contribution < -0.4 is 5.32 Å². The smallest absolute Gasteiger partial charge is 0.142 e. The zero-order chi connectivity index (χ0) is 15.2. The number of benzene rings is 2. The van der Waals surface area contributed by atoms with Crippen molar-refractivity contribution < 1.29 is 4.39 Å². The summed E-state index contributed by atoms with van der Waals surface area (Å²) in [5.41, 5.74) is 2.27. The fraction of sp³-hybridized carbons (Fsp3) is 0.333. The van der Waals surface area contributed by atoms with E-state index in [1.54, 1.807) is 6.07 Å². The summed E-state index contributed by atoms with van der Waals surface area (Å²) >= 11 is 5.70. The van der Waals surface area contributed by atoms with Crippen molar-refractivity contribution in [3.8, 4) is 0 Å². The molecule has 2 unspecified atom stereocenters. The summed E-state index contributed by atoms with van der Waals surface area (Å²) in [4.78, 5) is 0. The van der Waals surface area contributed by atoms with E-state index < -0.39 is 0 Å². The fourth-order valence-electron chi connectivity index (χ4n) is 2.36. The summed E-state index contributed by atoms with van der Waals surface area (Å²) in [6.45, 7) is 5.15. The van der Waals surface area contributed by atoms with Crippen LogP contribution in [0.1, 0.15) is 43.4 Å². The largest absolute Gasteiger partial charge is 0.310 e. The van der Waals surface area contributed by atoms with Gasteiger partial charge in [-0.05, 0) is 49.1 Å². The van der Waals surface area contributed by atoms with Crippen LogP contribution >= 0.6 is 11.6 Å². The van der Waals surface area contributed by atoms with Gasteiger partial charge >= 0.3 is 0 Å². The molecule has 0 heterocycles. The second kappa shape index (κ2) is 7.58. The van der Waals surface area contributed by atoms with Gasteiger partial charge in [0.25, 0.3) is 0 Å². The van der Waals surface area contributed by atoms with Gasteiger partial charge in [0.2, 0.25) is 0 Å². The van der Waals surface area contributed by atoms with Crippen molar-refractivity contribution in [1.29, 1.82) is 0 Å². The molecule has 0 saturated heterocycles. The number of hydrogen-bond donors (Lipinski definition) is 1. The van der Waals surface area contributed by atoms with Crippen molar-refractivity contribution in [3.63, 3.8) is 0 Å². The maximum absolute atomic E-state index is 13.5. The Balaban J connectivity index is 1.84. The zero-order valence-electron chi connectivity index (χ0n) is 12.4. The number of nitrogens with one attached hydrogen (secondary N) is 1. The van der Waals surface area contributed by atoms with Crippen LogP contribution in [0.4, 0.5) is 4.39 Å². The van der Waals surface area contributed by atoms with Crippen molar-refractivity contribution >= 4 is 11.6 Å². The van der Waals surface area contributed by atoms with Crippen LogP contribution in [-0.2, 0) is 0 Å². The first kappa shape index (κ1) is 16.0. The van der Waals surface area contributed by atoms with Gasteiger partial charge in [0.1, 0.15) is 5.82 Å². The third-order valence-electron chi connectivity index (χ3n) is 3.84. The number of halogens is 2. The molecule has 2 aromatic rings. The average Bonchev–Trinajstić information content (AvgIpc) is 2.50. The van der Waals surface area contributed by atoms with Gasteiger partial charge in [-0.1, -0.05) is 54.9 Å². The fourth-order valence-corrected chi connectivity index (χ4v) is 2.48. The zero-order valence-corrected chi connectivity index (χ0v) is 13.2. The van der Waals surface area contributed by atoms with Crippen LogP contribution in [0, 0.1) is 5.82 Å². The van der Waals surface area contributed by atoms with Gasteiger partial charge in [-0.15, -0.1) is 0 Å². The molecule has 0 aliphatic heterocycles. The van der Waals surface area contributed by atoms with E-state index in [-0.39, 0.29) is 16.9 Å². The van der Waals surface area contributed by atoms with Crippen LogP contribution in [0.3, 0.4) is 0 Å². The molecule has 2 aromatic carbocycles. The molecule has 0 aliphatic rings. The van der Waals surface area contributed by atoms with Crippen molar-refractivity contribution in [3.05, 3.63) is 70.5 Å². The minimum Gasteiger partial charge on any atom is -0.310 e. The highest BCUT2D eigenvalue weighted by atomic mass is 35.5. The Morgan fingerprint density at radius 3 is 2.43 bits per heavy atom. The Bertz CT molecular complexity index is 571. The molecule has 0 saturated carbocycles. The van der Waals surface area contributed by atoms with Gasteiger partial charge in [-0.25, -0.2) is 4.39 Å². The molecule has 21 heavy (non-hydrogen) atoms. The first-order valence-electron chi connectivity index (χ1n) is 7.31. The summed E-state index contributed by atoms with van der Waals surface area (Å²) in [5.74, 6) is 0.147. The van der Waals surface area contributed by atoms with Gasteiger partial charge < -0.3 is 5.32 Å². The Morgan fingerprint density at radius 1 is 1.05 bits per heavy atom. The molecule has 0 spiro atoms. The van der Waals surface area contributed by atoms with Crippen LogP contribution in [0.2, 0.25) is 5.02 Å². The van der Waals surface area contributed by atoms with Crippen LogP contribution in [0.15, 0.2) is 48.5 Å². The monoisotopic (exact) mass is 305 g/mol. The van der Waals surface area contributed by atoms with E-state index in [0.29, 0.717) is 5.92 Å². The van der Waals surface area contributed by atoms with E-state index in [2.05, 4.69) is 36.5 Å². The molecule has 0 aromatic heterocycles. The van der Waals surface area contributed by atoms with E-state index in [1.165, 1.54) is 11.6 Å². The minimum atomic E-state index is -0.361. The third kappa shape index (κ3) is 4.55. The lowest BCUT2D eigenvalue weighted by atomic mass is 9.97. The Hall–Kier alpha value is -1.38. The summed E-state index contributed by atoms with van der Waals surface area (Å²) in [6.07, 6.45) is 1.05. The third-order valence-corrected chi connectivity index (χ3v) is 4.15. The topological polar surface area (TPSA) is 12.0 Å². The van der Waals surface area contributed by atoms with E-state index in [9.17, 15) is 4.39 Å². The van der Waals surface area contributed by atoms with Crippen molar-refractivity contribution in [2.45, 2.75) is 32.2 Å². The predicted molar refractivity (Wildman–Crippen MR) is 87.3 cm³/mol. The summed E-state index contributed by atoms with van der Waals surface area (Å²) < 4.78 is 13.5. The highest BCUT2D eigenvalue weighted by molar-refractivity contribution is 6.30. The summed E-state index contributed by atoms with van der Waals surface area (Å²) in [5, 5.41) is 3.61. The molecule has 0 aliphatic carbocycles. The van der Waals surface area contributed by atoms with Gasteiger partial charge in [0.05, 0.1) is 5.02 Å². The lowest BCUT2D eigenvalue weighted by Gasteiger charge is -2.17. The lowest BCUT2D eigenvalue weighted by Crippen LogP contribution is -2.21. The molecule has 2 atom stereocenters. The minimum absolute atomic E-state index is 0.111. The molecule has 0 radical (unpaired) electrons. The highest BCUT2D eigenvalue weighted by Crippen LogP contribution is 2.21. The first-order chi connectivity index (χ1) is 10.1. The Morgan fingerprint density at radius 2 is 1.76 bits per heavy atom. The second-order valence-corrected chi connectivity index (χ2v) is 5.86. The van der Waals surface area contributed by atoms with Gasteiger partial charge in [-0.2, -0.15) is 0 Å². The molecule has 1 N–H and O–H groups in total. The normalized spacial score (nSPS) is 13.9. The van der Waals surface area contributed by atoms with E-state index >= 15 is 0 Å². The Kier molecular flexibility index (Phi) is 5.77. The molecular weight excluding hydrogens is 285 g/mol. The maximum atomic E-state index is 13.5. The SMILES string of the molecule is CC(CCNC(C)c1ccc(Cl)c(F)c1)c1ccccc1. The number of hydrogen-bond acceptors (Lipinski definition) is 1. The van der Waals surface area contributed by atoms with E-state index in [1.807, 2.05) is 19.1 Å². The van der Waals surface area contributed by atoms with Crippen LogP contribution in [0.5, 0.6) is 0 Å². The highest BCUT2D eigenvalue weighted by Gasteiger charge is 2.09. The van der Waals surface area contributed by atoms with Crippen LogP contribution in [-0.4, -0.2) is 6.54 Å². The molecule has 0 bridgehead atoms. The van der Waals surface area contributed by atoms with Crippen LogP contribution in [0.25, 0.3) is 0 Å². The van der Waals surface area contributed by atoms with Crippen molar-refractivity contribution in [1.82, 2.24) is 5.32 Å². The van der Waals surface area contributed by atoms with Gasteiger partial charge in [-0.3, -0.25) is 0 Å². The summed E-state index contributed by atoms with van der Waals surface area (Å²) in [6, 6.07) is 15.6. The molecule has 1 nitrogen and oxygen atoms in total. The van der Waals surface area contributed by atoms with Gasteiger partial charge in [0.15, 0.2) is 0 Å². The average molecular weight is 306 g/mol. The quantitative estimate of drug-likeness (QED) is 0.761. The first-order valence-corrected chi connectivity index (χ1v) is 7.69. The molecule has 3 heteroatoms. The molecule has 2 rings (SSSR count). The summed E-state index contributed by atoms with van der Waals surface area (Å²) in [7, 11) is 0. The molecule has 0 fully saturated rings. The molecular formula is C18H21ClFN. The number of rotatable bonds is 6. The Labute approximate surface area is 131 Å². The second-order valence-electron chi connectivity index (χ2n) is 5.45. The standard InChI is InChI=1S/C18H21ClFN/c1-13(15-6-4-3-5-7-15)10-11-21-14(2)16-8-9-17(19)18(20)12-16/h3-9,12-14,21H,10-11H2,1-2H3. The van der Waals surface area contributed by atoms with E-state index in [0.717, 1.165) is 18.5 Å². The molecule has 112 valence electrons. The maximum Gasteiger partial charge on any atom is 0.142 e. The van der Waals surface area contributed by atoms with E-state index in [4.69, 9.17) is 11.6 Å². The molecule has 0 amide bonds. The predicted octanol–water partition coefficient (Wildman–Crippen LogP) is 5.32. The van der Waals surface area contributed by atoms with Crippen molar-refractivity contribution in [2.75, 3.05) is 6.54 Å².